The van der Waals surface area contributed by atoms with Crippen molar-refractivity contribution in [3.63, 3.8) is 0 Å². The fourth-order valence-corrected chi connectivity index (χ4v) is 4.01. The molecule has 0 amide bonds. The van der Waals surface area contributed by atoms with Crippen molar-refractivity contribution < 1.29 is 19.4 Å². The number of carboxylic acids is 1. The molecule has 0 aliphatic rings. The summed E-state index contributed by atoms with van der Waals surface area (Å²) < 4.78 is 6.88. The number of carboxylic acid groups (broad SMARTS) is 1. The number of aliphatic carboxylic acids is 1. The van der Waals surface area contributed by atoms with E-state index >= 15 is 0 Å². The van der Waals surface area contributed by atoms with E-state index in [1.54, 1.807) is 42.5 Å². The molecule has 0 fully saturated rings. The second-order valence-corrected chi connectivity index (χ2v) is 8.97. The molecule has 8 nitrogen and oxygen atoms in total. The number of ether oxygens (including phenoxy) is 1. The van der Waals surface area contributed by atoms with Crippen molar-refractivity contribution >= 4 is 34.3 Å². The van der Waals surface area contributed by atoms with Gasteiger partial charge in [0.05, 0.1) is 11.3 Å². The lowest BCUT2D eigenvalue weighted by molar-refractivity contribution is -0.142. The van der Waals surface area contributed by atoms with Crippen LogP contribution in [0.15, 0.2) is 71.5 Å². The fraction of sp³-hybridized carbons (Fsp3) is 0.222. The van der Waals surface area contributed by atoms with Gasteiger partial charge in [0, 0.05) is 23.6 Å². The second-order valence-electron chi connectivity index (χ2n) is 8.53. The molecule has 184 valence electrons. The molecule has 4 rings (SSSR count). The van der Waals surface area contributed by atoms with E-state index < -0.39 is 11.9 Å². The average molecular weight is 506 g/mol. The van der Waals surface area contributed by atoms with Crippen LogP contribution in [0.3, 0.4) is 0 Å². The summed E-state index contributed by atoms with van der Waals surface area (Å²) in [6.07, 6.45) is -0.138. The van der Waals surface area contributed by atoms with Crippen molar-refractivity contribution in [2.75, 3.05) is 0 Å². The molecule has 3 aromatic carbocycles. The first kappa shape index (κ1) is 25.1. The van der Waals surface area contributed by atoms with Gasteiger partial charge in [-0.1, -0.05) is 40.6 Å². The second kappa shape index (κ2) is 11.1. The van der Waals surface area contributed by atoms with Gasteiger partial charge in [0.1, 0.15) is 17.9 Å². The minimum absolute atomic E-state index is 0.0379. The summed E-state index contributed by atoms with van der Waals surface area (Å²) in [5.74, 6) is -1.82. The zero-order valence-electron chi connectivity index (χ0n) is 19.6. The normalized spacial score (nSPS) is 11.8. The number of Topliss-reactive ketones (excluding diaryl/α,β-unsaturated/α-hetero) is 1. The van der Waals surface area contributed by atoms with E-state index in [1.165, 1.54) is 0 Å². The molecule has 0 saturated heterocycles. The lowest BCUT2D eigenvalue weighted by Gasteiger charge is -2.13. The van der Waals surface area contributed by atoms with Crippen molar-refractivity contribution in [1.82, 2.24) is 15.0 Å². The maximum Gasteiger partial charge on any atom is 0.307 e. The van der Waals surface area contributed by atoms with Crippen LogP contribution in [-0.2, 0) is 17.9 Å². The van der Waals surface area contributed by atoms with E-state index in [-0.39, 0.29) is 30.7 Å². The SMILES string of the molecule is Cc1ccc2nnn(CCC(CC(=O)c3ccc(OCc4cccc(Cl)c4)cc3)C(=O)O)c(=O)c2c1. The van der Waals surface area contributed by atoms with E-state index in [4.69, 9.17) is 16.3 Å². The van der Waals surface area contributed by atoms with E-state index in [2.05, 4.69) is 10.3 Å². The largest absolute Gasteiger partial charge is 0.489 e. The fourth-order valence-electron chi connectivity index (χ4n) is 3.80. The molecule has 0 aliphatic heterocycles. The predicted molar refractivity (Wildman–Crippen MR) is 135 cm³/mol. The Morgan fingerprint density at radius 3 is 2.58 bits per heavy atom. The van der Waals surface area contributed by atoms with Crippen LogP contribution in [0.1, 0.15) is 34.3 Å². The number of benzene rings is 3. The summed E-state index contributed by atoms with van der Waals surface area (Å²) in [6.45, 7) is 2.23. The highest BCUT2D eigenvalue weighted by Gasteiger charge is 2.23. The topological polar surface area (TPSA) is 111 Å². The summed E-state index contributed by atoms with van der Waals surface area (Å²) in [7, 11) is 0. The number of rotatable bonds is 10. The third-order valence-corrected chi connectivity index (χ3v) is 6.05. The maximum absolute atomic E-state index is 12.8. The molecule has 1 aromatic heterocycles. The quantitative estimate of drug-likeness (QED) is 0.311. The number of aromatic nitrogens is 3. The number of nitrogens with zero attached hydrogens (tertiary/aromatic N) is 3. The number of aryl methyl sites for hydroxylation is 2. The zero-order valence-corrected chi connectivity index (χ0v) is 20.3. The molecule has 0 saturated carbocycles. The number of fused-ring (bicyclic) bond motifs is 1. The molecule has 4 aromatic rings. The van der Waals surface area contributed by atoms with Gasteiger partial charge in [0.15, 0.2) is 5.78 Å². The monoisotopic (exact) mass is 505 g/mol. The van der Waals surface area contributed by atoms with Gasteiger partial charge in [-0.25, -0.2) is 4.68 Å². The van der Waals surface area contributed by atoms with Gasteiger partial charge in [-0.05, 0) is 67.4 Å². The van der Waals surface area contributed by atoms with Crippen molar-refractivity contribution in [1.29, 1.82) is 0 Å². The Hall–Kier alpha value is -4.04. The minimum Gasteiger partial charge on any atom is -0.489 e. The van der Waals surface area contributed by atoms with Crippen LogP contribution >= 0.6 is 11.6 Å². The minimum atomic E-state index is -1.11. The molecule has 1 atom stereocenters. The molecular formula is C27H24ClN3O5. The van der Waals surface area contributed by atoms with E-state index in [0.717, 1.165) is 15.8 Å². The molecule has 36 heavy (non-hydrogen) atoms. The van der Waals surface area contributed by atoms with Gasteiger partial charge < -0.3 is 9.84 Å². The summed E-state index contributed by atoms with van der Waals surface area (Å²) in [5.41, 5.74) is 2.35. The van der Waals surface area contributed by atoms with Gasteiger partial charge >= 0.3 is 5.97 Å². The van der Waals surface area contributed by atoms with Crippen molar-refractivity contribution in [3.8, 4) is 5.75 Å². The van der Waals surface area contributed by atoms with Crippen LogP contribution in [0.25, 0.3) is 10.9 Å². The Kier molecular flexibility index (Phi) is 7.75. The van der Waals surface area contributed by atoms with Gasteiger partial charge in [-0.3, -0.25) is 14.4 Å². The van der Waals surface area contributed by atoms with Crippen molar-refractivity contribution in [2.24, 2.45) is 5.92 Å². The molecule has 9 heteroatoms. The number of carbonyl (C=O) groups is 2. The van der Waals surface area contributed by atoms with Gasteiger partial charge in [-0.15, -0.1) is 5.10 Å². The first-order valence-electron chi connectivity index (χ1n) is 11.4. The molecule has 1 N–H and O–H groups in total. The van der Waals surface area contributed by atoms with Crippen molar-refractivity contribution in [3.05, 3.63) is 98.8 Å². The summed E-state index contributed by atoms with van der Waals surface area (Å²) in [4.78, 5) is 37.3. The molecule has 1 unspecified atom stereocenters. The Morgan fingerprint density at radius 2 is 1.86 bits per heavy atom. The van der Waals surface area contributed by atoms with Crippen LogP contribution in [0.2, 0.25) is 5.02 Å². The Balaban J connectivity index is 1.37. The van der Waals surface area contributed by atoms with E-state index in [1.807, 2.05) is 31.2 Å². The summed E-state index contributed by atoms with van der Waals surface area (Å²) in [6, 6.07) is 19.2. The Bertz CT molecular complexity index is 1470. The van der Waals surface area contributed by atoms with Gasteiger partial charge in [-0.2, -0.15) is 0 Å². The van der Waals surface area contributed by atoms with E-state index in [0.29, 0.717) is 33.8 Å². The maximum atomic E-state index is 12.8. The van der Waals surface area contributed by atoms with Crippen LogP contribution in [0.5, 0.6) is 5.75 Å². The number of ketones is 1. The Morgan fingerprint density at radius 1 is 1.08 bits per heavy atom. The summed E-state index contributed by atoms with van der Waals surface area (Å²) in [5, 5.41) is 18.7. The first-order valence-corrected chi connectivity index (χ1v) is 11.8. The summed E-state index contributed by atoms with van der Waals surface area (Å²) >= 11 is 5.98. The Labute approximate surface area is 212 Å². The molecule has 0 spiro atoms. The lowest BCUT2D eigenvalue weighted by Crippen LogP contribution is -2.27. The lowest BCUT2D eigenvalue weighted by atomic mass is 9.95. The van der Waals surface area contributed by atoms with Gasteiger partial charge in [0.25, 0.3) is 5.56 Å². The van der Waals surface area contributed by atoms with Crippen LogP contribution in [-0.4, -0.2) is 31.9 Å². The number of carbonyl (C=O) groups excluding carboxylic acids is 1. The van der Waals surface area contributed by atoms with Gasteiger partial charge in [0.2, 0.25) is 0 Å². The average Bonchev–Trinajstić information content (AvgIpc) is 2.86. The molecular weight excluding hydrogens is 482 g/mol. The van der Waals surface area contributed by atoms with Crippen LogP contribution in [0.4, 0.5) is 0 Å². The molecule has 0 radical (unpaired) electrons. The third-order valence-electron chi connectivity index (χ3n) is 5.82. The standard InChI is InChI=1S/C27H24ClN3O5/c1-17-5-10-24-23(13-17)26(33)31(30-29-24)12-11-20(27(34)35)15-25(32)19-6-8-22(9-7-19)36-16-18-3-2-4-21(28)14-18/h2-10,13-14,20H,11-12,15-16H2,1H3,(H,34,35). The highest BCUT2D eigenvalue weighted by molar-refractivity contribution is 6.30. The number of halogens is 1. The molecule has 1 heterocycles. The highest BCUT2D eigenvalue weighted by Crippen LogP contribution is 2.20. The van der Waals surface area contributed by atoms with Crippen molar-refractivity contribution in [2.45, 2.75) is 32.9 Å². The predicted octanol–water partition coefficient (Wildman–Crippen LogP) is 4.70. The molecule has 0 aliphatic carbocycles. The first-order chi connectivity index (χ1) is 17.3. The number of hydrogen-bond acceptors (Lipinski definition) is 6. The highest BCUT2D eigenvalue weighted by atomic mass is 35.5. The molecule has 0 bridgehead atoms. The smallest absolute Gasteiger partial charge is 0.307 e. The number of hydrogen-bond donors (Lipinski definition) is 1. The zero-order chi connectivity index (χ0) is 25.7. The van der Waals surface area contributed by atoms with Crippen LogP contribution < -0.4 is 10.3 Å². The van der Waals surface area contributed by atoms with Crippen LogP contribution in [0, 0.1) is 12.8 Å². The van der Waals surface area contributed by atoms with E-state index in [9.17, 15) is 19.5 Å². The third kappa shape index (κ3) is 6.14.